The van der Waals surface area contributed by atoms with Crippen LogP contribution in [0, 0.1) is 0 Å². The van der Waals surface area contributed by atoms with Gasteiger partial charge < -0.3 is 20.3 Å². The lowest BCUT2D eigenvalue weighted by molar-refractivity contribution is 0.0958. The van der Waals surface area contributed by atoms with Crippen LogP contribution >= 0.6 is 0 Å². The summed E-state index contributed by atoms with van der Waals surface area (Å²) < 4.78 is 5.97. The number of unbranched alkanes of at least 4 members (excludes halogenated alkanes) is 1. The van der Waals surface area contributed by atoms with Crippen LogP contribution in [0.15, 0.2) is 60.8 Å². The highest BCUT2D eigenvalue weighted by molar-refractivity contribution is 5.92. The summed E-state index contributed by atoms with van der Waals surface area (Å²) in [6.45, 7) is 3.35. The fourth-order valence-electron chi connectivity index (χ4n) is 3.97. The number of nitrogens with zero attached hydrogens (tertiary/aromatic N) is 2. The van der Waals surface area contributed by atoms with Crippen LogP contribution in [0.1, 0.15) is 46.9 Å². The second kappa shape index (κ2) is 10.8. The molecule has 1 aliphatic heterocycles. The van der Waals surface area contributed by atoms with Crippen LogP contribution in [0.3, 0.4) is 0 Å². The molecule has 34 heavy (non-hydrogen) atoms. The number of carbonyl (C=O) groups excluding carboxylic acids is 2. The van der Waals surface area contributed by atoms with Crippen LogP contribution in [-0.4, -0.2) is 35.4 Å². The standard InChI is InChI=1S/C27H30N4O3/c1-3-4-5-19-6-9-22(10-7-19)30-27(33)31-15-13-20-8-11-23(16-21(20)18-31)34-24-12-14-29-25(17-24)26(32)28-2/h6-12,14,16-17H,3-5,13,15,18H2,1-2H3,(H,28,32)(H,30,33). The van der Waals surface area contributed by atoms with Gasteiger partial charge in [0.1, 0.15) is 17.2 Å². The Morgan fingerprint density at radius 1 is 1.03 bits per heavy atom. The van der Waals surface area contributed by atoms with Crippen molar-refractivity contribution in [1.82, 2.24) is 15.2 Å². The zero-order chi connectivity index (χ0) is 23.9. The van der Waals surface area contributed by atoms with E-state index in [0.717, 1.165) is 24.1 Å². The van der Waals surface area contributed by atoms with E-state index in [0.29, 0.717) is 30.3 Å². The molecule has 0 aliphatic carbocycles. The molecule has 0 spiro atoms. The Balaban J connectivity index is 1.40. The van der Waals surface area contributed by atoms with Gasteiger partial charge >= 0.3 is 6.03 Å². The van der Waals surface area contributed by atoms with Gasteiger partial charge in [-0.1, -0.05) is 31.5 Å². The zero-order valence-electron chi connectivity index (χ0n) is 19.6. The molecule has 0 unspecified atom stereocenters. The molecule has 0 saturated carbocycles. The van der Waals surface area contributed by atoms with Gasteiger partial charge in [-0.05, 0) is 66.3 Å². The van der Waals surface area contributed by atoms with Crippen LogP contribution in [0.5, 0.6) is 11.5 Å². The highest BCUT2D eigenvalue weighted by atomic mass is 16.5. The molecule has 1 aliphatic rings. The van der Waals surface area contributed by atoms with E-state index in [1.807, 2.05) is 35.2 Å². The summed E-state index contributed by atoms with van der Waals surface area (Å²) in [5.74, 6) is 0.909. The van der Waals surface area contributed by atoms with Crippen LogP contribution < -0.4 is 15.4 Å². The number of nitrogens with one attached hydrogen (secondary N) is 2. The van der Waals surface area contributed by atoms with Crippen molar-refractivity contribution >= 4 is 17.6 Å². The predicted molar refractivity (Wildman–Crippen MR) is 132 cm³/mol. The first kappa shape index (κ1) is 23.3. The molecule has 3 amide bonds. The third-order valence-corrected chi connectivity index (χ3v) is 5.93. The number of hydrogen-bond acceptors (Lipinski definition) is 4. The first-order valence-electron chi connectivity index (χ1n) is 11.7. The van der Waals surface area contributed by atoms with Crippen LogP contribution in [-0.2, 0) is 19.4 Å². The number of carbonyl (C=O) groups is 2. The van der Waals surface area contributed by atoms with E-state index in [1.54, 1.807) is 25.4 Å². The number of hydrogen-bond donors (Lipinski definition) is 2. The summed E-state index contributed by atoms with van der Waals surface area (Å²) in [6, 6.07) is 17.2. The largest absolute Gasteiger partial charge is 0.457 e. The molecule has 1 aromatic heterocycles. The average Bonchev–Trinajstić information content (AvgIpc) is 2.87. The average molecular weight is 459 g/mol. The van der Waals surface area contributed by atoms with Crippen molar-refractivity contribution < 1.29 is 14.3 Å². The Morgan fingerprint density at radius 3 is 2.59 bits per heavy atom. The first-order chi connectivity index (χ1) is 16.6. The van der Waals surface area contributed by atoms with Gasteiger partial charge in [0, 0.05) is 38.1 Å². The van der Waals surface area contributed by atoms with Gasteiger partial charge in [0.05, 0.1) is 0 Å². The fraction of sp³-hybridized carbons (Fsp3) is 0.296. The molecule has 0 bridgehead atoms. The van der Waals surface area contributed by atoms with Crippen molar-refractivity contribution in [3.63, 3.8) is 0 Å². The van der Waals surface area contributed by atoms with Gasteiger partial charge in [-0.3, -0.25) is 9.78 Å². The van der Waals surface area contributed by atoms with E-state index >= 15 is 0 Å². The van der Waals surface area contributed by atoms with E-state index in [9.17, 15) is 9.59 Å². The Kier molecular flexibility index (Phi) is 7.42. The molecule has 3 aromatic rings. The molecule has 176 valence electrons. The molecule has 7 nitrogen and oxygen atoms in total. The molecule has 4 rings (SSSR count). The predicted octanol–water partition coefficient (Wildman–Crippen LogP) is 5.17. The zero-order valence-corrected chi connectivity index (χ0v) is 19.6. The summed E-state index contributed by atoms with van der Waals surface area (Å²) >= 11 is 0. The number of rotatable bonds is 7. The second-order valence-electron chi connectivity index (χ2n) is 8.39. The van der Waals surface area contributed by atoms with Crippen LogP contribution in [0.25, 0.3) is 0 Å². The number of benzene rings is 2. The van der Waals surface area contributed by atoms with Gasteiger partial charge in [0.15, 0.2) is 0 Å². The topological polar surface area (TPSA) is 83.6 Å². The Labute approximate surface area is 200 Å². The minimum atomic E-state index is -0.270. The molecule has 7 heteroatoms. The third-order valence-electron chi connectivity index (χ3n) is 5.93. The first-order valence-corrected chi connectivity index (χ1v) is 11.7. The SMILES string of the molecule is CCCCc1ccc(NC(=O)N2CCc3ccc(Oc4ccnc(C(=O)NC)c4)cc3C2)cc1. The summed E-state index contributed by atoms with van der Waals surface area (Å²) in [6.07, 6.45) is 5.72. The lowest BCUT2D eigenvalue weighted by atomic mass is 9.99. The van der Waals surface area contributed by atoms with Crippen molar-refractivity contribution in [2.24, 2.45) is 0 Å². The van der Waals surface area contributed by atoms with Gasteiger partial charge in [-0.2, -0.15) is 0 Å². The molecule has 0 radical (unpaired) electrons. The molecule has 2 aromatic carbocycles. The van der Waals surface area contributed by atoms with Crippen molar-refractivity contribution in [2.45, 2.75) is 39.2 Å². The van der Waals surface area contributed by atoms with E-state index in [4.69, 9.17) is 4.74 Å². The molecule has 2 heterocycles. The van der Waals surface area contributed by atoms with E-state index < -0.39 is 0 Å². The molecule has 2 N–H and O–H groups in total. The fourth-order valence-corrected chi connectivity index (χ4v) is 3.97. The summed E-state index contributed by atoms with van der Waals surface area (Å²) in [5.41, 5.74) is 4.64. The number of pyridine rings is 1. The minimum Gasteiger partial charge on any atom is -0.457 e. The highest BCUT2D eigenvalue weighted by Crippen LogP contribution is 2.28. The highest BCUT2D eigenvalue weighted by Gasteiger charge is 2.21. The van der Waals surface area contributed by atoms with Crippen molar-refractivity contribution in [3.8, 4) is 11.5 Å². The van der Waals surface area contributed by atoms with Crippen molar-refractivity contribution in [2.75, 3.05) is 18.9 Å². The molecular weight excluding hydrogens is 428 g/mol. The Morgan fingerprint density at radius 2 is 1.82 bits per heavy atom. The third kappa shape index (κ3) is 5.73. The maximum atomic E-state index is 12.9. The molecule has 0 saturated heterocycles. The van der Waals surface area contributed by atoms with Gasteiger partial charge in [0.25, 0.3) is 5.91 Å². The van der Waals surface area contributed by atoms with Gasteiger partial charge in [-0.25, -0.2) is 4.79 Å². The normalized spacial score (nSPS) is 12.6. The minimum absolute atomic E-state index is 0.109. The van der Waals surface area contributed by atoms with Gasteiger partial charge in [0.2, 0.25) is 0 Å². The quantitative estimate of drug-likeness (QED) is 0.512. The summed E-state index contributed by atoms with van der Waals surface area (Å²) in [7, 11) is 1.56. The van der Waals surface area contributed by atoms with Crippen molar-refractivity contribution in [1.29, 1.82) is 0 Å². The number of anilines is 1. The van der Waals surface area contributed by atoms with E-state index in [1.165, 1.54) is 24.0 Å². The maximum Gasteiger partial charge on any atom is 0.322 e. The number of aromatic nitrogens is 1. The monoisotopic (exact) mass is 458 g/mol. The smallest absolute Gasteiger partial charge is 0.322 e. The number of ether oxygens (including phenoxy) is 1. The number of aryl methyl sites for hydroxylation is 1. The molecule has 0 fully saturated rings. The lowest BCUT2D eigenvalue weighted by Crippen LogP contribution is -2.38. The van der Waals surface area contributed by atoms with Crippen LogP contribution in [0.2, 0.25) is 0 Å². The molecule has 0 atom stereocenters. The second-order valence-corrected chi connectivity index (χ2v) is 8.39. The number of urea groups is 1. The molecular formula is C27H30N4O3. The lowest BCUT2D eigenvalue weighted by Gasteiger charge is -2.29. The maximum absolute atomic E-state index is 12.9. The Hall–Kier alpha value is -3.87. The van der Waals surface area contributed by atoms with Crippen molar-refractivity contribution in [3.05, 3.63) is 83.2 Å². The summed E-state index contributed by atoms with van der Waals surface area (Å²) in [5, 5.41) is 5.57. The number of fused-ring (bicyclic) bond motifs is 1. The van der Waals surface area contributed by atoms with Gasteiger partial charge in [-0.15, -0.1) is 0 Å². The van der Waals surface area contributed by atoms with E-state index in [2.05, 4.69) is 34.7 Å². The van der Waals surface area contributed by atoms with E-state index in [-0.39, 0.29) is 11.9 Å². The number of amides is 3. The van der Waals surface area contributed by atoms with Crippen LogP contribution in [0.4, 0.5) is 10.5 Å². The Bertz CT molecular complexity index is 1160. The summed E-state index contributed by atoms with van der Waals surface area (Å²) in [4.78, 5) is 30.6.